The number of aryl methyl sites for hydroxylation is 1. The van der Waals surface area contributed by atoms with Gasteiger partial charge in [0, 0.05) is 12.6 Å². The molecule has 1 aliphatic carbocycles. The summed E-state index contributed by atoms with van der Waals surface area (Å²) in [5, 5.41) is 6.14. The summed E-state index contributed by atoms with van der Waals surface area (Å²) in [5.41, 5.74) is 1.31. The lowest BCUT2D eigenvalue weighted by atomic mass is 9.94. The molecule has 0 saturated heterocycles. The highest BCUT2D eigenvalue weighted by Crippen LogP contribution is 2.27. The Labute approximate surface area is 253 Å². The van der Waals surface area contributed by atoms with Crippen LogP contribution in [0, 0.1) is 0 Å². The van der Waals surface area contributed by atoms with Crippen LogP contribution >= 0.6 is 11.8 Å². The number of hydrogen-bond donors (Lipinski definition) is 2. The first-order valence-corrected chi connectivity index (χ1v) is 17.2. The maximum absolute atomic E-state index is 14.4. The van der Waals surface area contributed by atoms with Crippen molar-refractivity contribution in [3.63, 3.8) is 0 Å². The van der Waals surface area contributed by atoms with Crippen molar-refractivity contribution in [2.45, 2.75) is 135 Å². The molecule has 0 aliphatic heterocycles. The van der Waals surface area contributed by atoms with E-state index in [1.807, 2.05) is 30.5 Å². The van der Waals surface area contributed by atoms with Crippen molar-refractivity contribution in [2.75, 3.05) is 18.6 Å². The summed E-state index contributed by atoms with van der Waals surface area (Å²) in [6.07, 6.45) is 13.2. The van der Waals surface area contributed by atoms with Crippen molar-refractivity contribution in [1.29, 1.82) is 0 Å². The number of thioether (sulfide) groups is 1. The summed E-state index contributed by atoms with van der Waals surface area (Å²) in [6, 6.07) is 6.64. The van der Waals surface area contributed by atoms with Crippen molar-refractivity contribution >= 4 is 29.7 Å². The fourth-order valence-electron chi connectivity index (χ4n) is 5.33. The highest BCUT2D eigenvalue weighted by atomic mass is 32.2. The van der Waals surface area contributed by atoms with Gasteiger partial charge >= 0.3 is 6.09 Å². The first kappa shape index (κ1) is 35.0. The quantitative estimate of drug-likeness (QED) is 0.199. The van der Waals surface area contributed by atoms with Gasteiger partial charge in [0.05, 0.1) is 0 Å². The van der Waals surface area contributed by atoms with Gasteiger partial charge < -0.3 is 20.3 Å². The summed E-state index contributed by atoms with van der Waals surface area (Å²) in [5.74, 6) is 0.327. The number of nitrogens with zero attached hydrogens (tertiary/aromatic N) is 1. The first-order chi connectivity index (χ1) is 19.6. The van der Waals surface area contributed by atoms with E-state index in [2.05, 4.69) is 24.5 Å². The molecule has 1 saturated carbocycles. The lowest BCUT2D eigenvalue weighted by molar-refractivity contribution is -0.143. The number of benzene rings is 1. The minimum Gasteiger partial charge on any atom is -0.444 e. The molecule has 232 valence electrons. The molecule has 2 unspecified atom stereocenters. The van der Waals surface area contributed by atoms with Crippen LogP contribution in [0.5, 0.6) is 0 Å². The number of carbonyl (C=O) groups excluding carboxylic acids is 3. The molecular formula is C33H55N3O4S. The van der Waals surface area contributed by atoms with Gasteiger partial charge in [-0.2, -0.15) is 11.8 Å². The number of nitrogens with one attached hydrogen (secondary N) is 2. The summed E-state index contributed by atoms with van der Waals surface area (Å²) in [4.78, 5) is 43.0. The Morgan fingerprint density at radius 2 is 1.66 bits per heavy atom. The molecule has 1 aromatic rings. The molecule has 41 heavy (non-hydrogen) atoms. The minimum atomic E-state index is -0.784. The molecule has 1 aliphatic rings. The lowest BCUT2D eigenvalue weighted by Crippen LogP contribution is -2.54. The van der Waals surface area contributed by atoms with Crippen LogP contribution in [0.1, 0.15) is 122 Å². The Kier molecular flexibility index (Phi) is 15.7. The van der Waals surface area contributed by atoms with Crippen molar-refractivity contribution < 1.29 is 19.1 Å². The van der Waals surface area contributed by atoms with Gasteiger partial charge in [0.15, 0.2) is 0 Å². The Morgan fingerprint density at radius 3 is 2.24 bits per heavy atom. The molecule has 0 radical (unpaired) electrons. The van der Waals surface area contributed by atoms with Crippen LogP contribution in [-0.2, 0) is 20.7 Å². The normalized spacial score (nSPS) is 15.6. The van der Waals surface area contributed by atoms with Crippen LogP contribution in [-0.4, -0.2) is 59.0 Å². The molecule has 7 nitrogen and oxygen atoms in total. The largest absolute Gasteiger partial charge is 0.444 e. The maximum Gasteiger partial charge on any atom is 0.408 e. The molecule has 0 spiro atoms. The average Bonchev–Trinajstić information content (AvgIpc) is 2.94. The molecule has 2 N–H and O–H groups in total. The number of alkyl carbamates (subject to hydrolysis) is 1. The van der Waals surface area contributed by atoms with Gasteiger partial charge in [0.2, 0.25) is 11.8 Å². The molecule has 0 heterocycles. The van der Waals surface area contributed by atoms with E-state index in [1.165, 1.54) is 12.0 Å². The van der Waals surface area contributed by atoms with Crippen molar-refractivity contribution in [3.8, 4) is 0 Å². The first-order valence-electron chi connectivity index (χ1n) is 15.8. The van der Waals surface area contributed by atoms with Gasteiger partial charge in [-0.25, -0.2) is 4.79 Å². The van der Waals surface area contributed by atoms with Gasteiger partial charge in [-0.3, -0.25) is 9.59 Å². The topological polar surface area (TPSA) is 87.7 Å². The van der Waals surface area contributed by atoms with Crippen LogP contribution in [0.4, 0.5) is 4.79 Å². The number of ether oxygens (including phenoxy) is 1. The highest BCUT2D eigenvalue weighted by Gasteiger charge is 2.36. The third-order valence-corrected chi connectivity index (χ3v) is 8.24. The zero-order valence-electron chi connectivity index (χ0n) is 26.4. The van der Waals surface area contributed by atoms with Crippen molar-refractivity contribution in [3.05, 3.63) is 35.4 Å². The lowest BCUT2D eigenvalue weighted by Gasteiger charge is -2.36. The van der Waals surface area contributed by atoms with E-state index in [4.69, 9.17) is 4.74 Å². The van der Waals surface area contributed by atoms with Crippen LogP contribution < -0.4 is 10.6 Å². The summed E-state index contributed by atoms with van der Waals surface area (Å²) in [6.45, 7) is 10.2. The molecular weight excluding hydrogens is 534 g/mol. The zero-order chi connectivity index (χ0) is 30.3. The number of unbranched alkanes of at least 4 members (excludes halogenated alkanes) is 4. The van der Waals surface area contributed by atoms with E-state index >= 15 is 0 Å². The number of rotatable bonds is 16. The average molecular weight is 590 g/mol. The summed E-state index contributed by atoms with van der Waals surface area (Å²) in [7, 11) is 0. The van der Waals surface area contributed by atoms with Gasteiger partial charge in [-0.1, -0.05) is 83.1 Å². The molecule has 8 heteroatoms. The van der Waals surface area contributed by atoms with E-state index in [0.717, 1.165) is 69.8 Å². The van der Waals surface area contributed by atoms with Crippen LogP contribution in [0.25, 0.3) is 0 Å². The van der Waals surface area contributed by atoms with Gasteiger partial charge in [0.1, 0.15) is 17.7 Å². The molecule has 0 bridgehead atoms. The summed E-state index contributed by atoms with van der Waals surface area (Å²) >= 11 is 1.62. The number of hydrogen-bond acceptors (Lipinski definition) is 5. The number of carbonyl (C=O) groups is 3. The fourth-order valence-corrected chi connectivity index (χ4v) is 5.80. The van der Waals surface area contributed by atoms with E-state index in [1.54, 1.807) is 37.4 Å². The monoisotopic (exact) mass is 589 g/mol. The Balaban J connectivity index is 2.45. The van der Waals surface area contributed by atoms with E-state index in [0.29, 0.717) is 18.7 Å². The predicted octanol–water partition coefficient (Wildman–Crippen LogP) is 7.18. The van der Waals surface area contributed by atoms with Crippen LogP contribution in [0.3, 0.4) is 0 Å². The SMILES string of the molecule is CCCCCCCN(C(=O)C(CCSC)NC(=O)OC(C)(C)C)C(C(=O)NC1CCCCC1)c1ccc(CC)cc1. The molecule has 2 rings (SSSR count). The van der Waals surface area contributed by atoms with Crippen molar-refractivity contribution in [1.82, 2.24) is 15.5 Å². The Hall–Kier alpha value is -2.22. The molecule has 0 aromatic heterocycles. The smallest absolute Gasteiger partial charge is 0.408 e. The molecule has 1 aromatic carbocycles. The van der Waals surface area contributed by atoms with Crippen LogP contribution in [0.15, 0.2) is 24.3 Å². The Bertz CT molecular complexity index is 925. The Morgan fingerprint density at radius 1 is 1.00 bits per heavy atom. The van der Waals surface area contributed by atoms with Gasteiger partial charge in [-0.15, -0.1) is 0 Å². The summed E-state index contributed by atoms with van der Waals surface area (Å²) < 4.78 is 5.52. The van der Waals surface area contributed by atoms with E-state index < -0.39 is 23.8 Å². The van der Waals surface area contributed by atoms with Crippen molar-refractivity contribution in [2.24, 2.45) is 0 Å². The predicted molar refractivity (Wildman–Crippen MR) is 170 cm³/mol. The zero-order valence-corrected chi connectivity index (χ0v) is 27.2. The minimum absolute atomic E-state index is 0.127. The highest BCUT2D eigenvalue weighted by molar-refractivity contribution is 7.98. The van der Waals surface area contributed by atoms with Crippen LogP contribution in [0.2, 0.25) is 0 Å². The molecule has 3 amide bonds. The number of amides is 3. The van der Waals surface area contributed by atoms with Gasteiger partial charge in [-0.05, 0) is 76.0 Å². The maximum atomic E-state index is 14.4. The fraction of sp³-hybridized carbons (Fsp3) is 0.727. The van der Waals surface area contributed by atoms with E-state index in [-0.39, 0.29) is 17.9 Å². The second-order valence-electron chi connectivity index (χ2n) is 12.3. The van der Waals surface area contributed by atoms with E-state index in [9.17, 15) is 14.4 Å². The second-order valence-corrected chi connectivity index (χ2v) is 13.3. The molecule has 2 atom stereocenters. The standard InChI is InChI=1S/C33H55N3O4S/c1-7-9-10-11-15-23-36(31(38)28(22-24-41-6)35-32(39)40-33(3,4)5)29(26-20-18-25(8-2)19-21-26)30(37)34-27-16-13-12-14-17-27/h18-21,27-29H,7-17,22-24H2,1-6H3,(H,34,37)(H,35,39). The molecule has 1 fully saturated rings. The van der Waals surface area contributed by atoms with Gasteiger partial charge in [0.25, 0.3) is 0 Å². The second kappa shape index (κ2) is 18.3. The third kappa shape index (κ3) is 12.7. The third-order valence-electron chi connectivity index (χ3n) is 7.60.